The summed E-state index contributed by atoms with van der Waals surface area (Å²) < 4.78 is 6.53. The molecule has 0 spiro atoms. The van der Waals surface area contributed by atoms with Crippen molar-refractivity contribution in [3.63, 3.8) is 0 Å². The smallest absolute Gasteiger partial charge is 0.138 e. The molecule has 1 rings (SSSR count). The lowest BCUT2D eigenvalue weighted by atomic mass is 10.3. The van der Waals surface area contributed by atoms with Crippen LogP contribution in [-0.4, -0.2) is 45.2 Å². The third-order valence-corrected chi connectivity index (χ3v) is 2.95. The fourth-order valence-corrected chi connectivity index (χ4v) is 1.98. The van der Waals surface area contributed by atoms with Gasteiger partial charge in [-0.2, -0.15) is 0 Å². The molecule has 1 N–H and O–H groups in total. The number of nitrogens with zero attached hydrogens (tertiary/aromatic N) is 1. The third-order valence-electron chi connectivity index (χ3n) is 2.17. The van der Waals surface area contributed by atoms with Crippen LogP contribution >= 0.6 is 39.9 Å². The van der Waals surface area contributed by atoms with E-state index in [0.717, 1.165) is 29.9 Å². The van der Waals surface area contributed by atoms with Gasteiger partial charge in [0.05, 0.1) is 5.02 Å². The van der Waals surface area contributed by atoms with Crippen LogP contribution in [0.4, 0.5) is 0 Å². The van der Waals surface area contributed by atoms with Crippen LogP contribution < -0.4 is 10.1 Å². The second kappa shape index (κ2) is 9.87. The molecule has 0 amide bonds. The number of nitrogens with one attached hydrogen (secondary N) is 1. The average Bonchev–Trinajstić information content (AvgIpc) is 2.25. The molecule has 0 bridgehead atoms. The molecule has 0 unspecified atom stereocenters. The normalized spacial score (nSPS) is 10.3. The molecular formula is C12H19BrCl2N2O. The maximum atomic E-state index is 6.03. The molecule has 6 heteroatoms. The molecule has 0 aliphatic carbocycles. The minimum atomic E-state index is 0. The van der Waals surface area contributed by atoms with Crippen LogP contribution in [0, 0.1) is 0 Å². The molecule has 1 aromatic rings. The average molecular weight is 358 g/mol. The van der Waals surface area contributed by atoms with Gasteiger partial charge in [-0.15, -0.1) is 12.4 Å². The van der Waals surface area contributed by atoms with Crippen molar-refractivity contribution in [3.05, 3.63) is 27.7 Å². The van der Waals surface area contributed by atoms with E-state index in [4.69, 9.17) is 16.3 Å². The molecule has 18 heavy (non-hydrogen) atoms. The van der Waals surface area contributed by atoms with Gasteiger partial charge in [-0.25, -0.2) is 0 Å². The van der Waals surface area contributed by atoms with E-state index < -0.39 is 0 Å². The zero-order valence-electron chi connectivity index (χ0n) is 10.6. The van der Waals surface area contributed by atoms with Crippen molar-refractivity contribution in [2.75, 3.05) is 40.3 Å². The third kappa shape index (κ3) is 7.44. The fourth-order valence-electron chi connectivity index (χ4n) is 1.25. The largest absolute Gasteiger partial charge is 0.491 e. The van der Waals surface area contributed by atoms with E-state index in [2.05, 4.69) is 40.2 Å². The number of rotatable bonds is 7. The van der Waals surface area contributed by atoms with Gasteiger partial charge in [-0.3, -0.25) is 0 Å². The predicted molar refractivity (Wildman–Crippen MR) is 83.3 cm³/mol. The maximum absolute atomic E-state index is 6.03. The molecule has 104 valence electrons. The van der Waals surface area contributed by atoms with Crippen molar-refractivity contribution in [1.82, 2.24) is 10.2 Å². The summed E-state index contributed by atoms with van der Waals surface area (Å²) in [6, 6.07) is 5.61. The summed E-state index contributed by atoms with van der Waals surface area (Å²) >= 11 is 9.38. The Hall–Kier alpha value is -0.000000000000000111. The highest BCUT2D eigenvalue weighted by molar-refractivity contribution is 9.10. The highest BCUT2D eigenvalue weighted by atomic mass is 79.9. The van der Waals surface area contributed by atoms with E-state index in [1.807, 2.05) is 18.2 Å². The molecule has 0 heterocycles. The Bertz CT molecular complexity index is 351. The summed E-state index contributed by atoms with van der Waals surface area (Å²) in [6.45, 7) is 3.43. The Labute approximate surface area is 128 Å². The molecule has 0 saturated carbocycles. The number of halogens is 3. The van der Waals surface area contributed by atoms with Gasteiger partial charge >= 0.3 is 0 Å². The van der Waals surface area contributed by atoms with Crippen LogP contribution in [0.2, 0.25) is 5.02 Å². The minimum Gasteiger partial charge on any atom is -0.491 e. The number of benzene rings is 1. The van der Waals surface area contributed by atoms with Crippen LogP contribution in [0.1, 0.15) is 0 Å². The first-order chi connectivity index (χ1) is 8.09. The quantitative estimate of drug-likeness (QED) is 0.759. The SMILES string of the molecule is CN(C)CCNCCOc1ccc(Br)cc1Cl.Cl. The van der Waals surface area contributed by atoms with Crippen LogP contribution in [0.5, 0.6) is 5.75 Å². The van der Waals surface area contributed by atoms with Crippen LogP contribution in [0.15, 0.2) is 22.7 Å². The van der Waals surface area contributed by atoms with Crippen molar-refractivity contribution >= 4 is 39.9 Å². The van der Waals surface area contributed by atoms with Crippen molar-refractivity contribution < 1.29 is 4.74 Å². The van der Waals surface area contributed by atoms with Gasteiger partial charge in [0, 0.05) is 24.1 Å². The predicted octanol–water partition coefficient (Wildman–Crippen LogP) is 3.05. The molecule has 0 fully saturated rings. The Morgan fingerprint density at radius 2 is 2.06 bits per heavy atom. The number of likely N-dealkylation sites (N-methyl/N-ethyl adjacent to an activating group) is 1. The van der Waals surface area contributed by atoms with E-state index in [-0.39, 0.29) is 12.4 Å². The van der Waals surface area contributed by atoms with E-state index in [0.29, 0.717) is 11.6 Å². The molecule has 0 aromatic heterocycles. The summed E-state index contributed by atoms with van der Waals surface area (Å²) in [5.74, 6) is 0.726. The summed E-state index contributed by atoms with van der Waals surface area (Å²) in [4.78, 5) is 2.14. The van der Waals surface area contributed by atoms with Gasteiger partial charge in [0.1, 0.15) is 12.4 Å². The molecule has 0 radical (unpaired) electrons. The Kier molecular flexibility index (Phi) is 9.87. The van der Waals surface area contributed by atoms with Gasteiger partial charge in [0.15, 0.2) is 0 Å². The standard InChI is InChI=1S/C12H18BrClN2O.ClH/c1-16(2)7-5-15-6-8-17-12-4-3-10(13)9-11(12)14;/h3-4,9,15H,5-8H2,1-2H3;1H. The van der Waals surface area contributed by atoms with Gasteiger partial charge in [-0.1, -0.05) is 27.5 Å². The number of hydrogen-bond acceptors (Lipinski definition) is 3. The van der Waals surface area contributed by atoms with Gasteiger partial charge in [-0.05, 0) is 32.3 Å². The Morgan fingerprint density at radius 1 is 1.33 bits per heavy atom. The zero-order valence-corrected chi connectivity index (χ0v) is 13.7. The van der Waals surface area contributed by atoms with Gasteiger partial charge < -0.3 is 15.0 Å². The molecule has 0 saturated heterocycles. The molecule has 3 nitrogen and oxygen atoms in total. The first-order valence-corrected chi connectivity index (χ1v) is 6.70. The lowest BCUT2D eigenvalue weighted by Gasteiger charge is -2.11. The first kappa shape index (κ1) is 18.0. The lowest BCUT2D eigenvalue weighted by molar-refractivity contribution is 0.308. The van der Waals surface area contributed by atoms with E-state index in [9.17, 15) is 0 Å². The Balaban J connectivity index is 0.00000289. The van der Waals surface area contributed by atoms with Crippen LogP contribution in [-0.2, 0) is 0 Å². The second-order valence-electron chi connectivity index (χ2n) is 3.98. The summed E-state index contributed by atoms with van der Waals surface area (Å²) in [5, 5.41) is 3.93. The molecule has 0 aliphatic rings. The number of ether oxygens (including phenoxy) is 1. The maximum Gasteiger partial charge on any atom is 0.138 e. The molecular weight excluding hydrogens is 339 g/mol. The minimum absolute atomic E-state index is 0. The fraction of sp³-hybridized carbons (Fsp3) is 0.500. The van der Waals surface area contributed by atoms with Crippen molar-refractivity contribution in [2.24, 2.45) is 0 Å². The summed E-state index contributed by atoms with van der Waals surface area (Å²) in [5.41, 5.74) is 0. The van der Waals surface area contributed by atoms with E-state index >= 15 is 0 Å². The first-order valence-electron chi connectivity index (χ1n) is 5.53. The lowest BCUT2D eigenvalue weighted by Crippen LogP contribution is -2.29. The van der Waals surface area contributed by atoms with Gasteiger partial charge in [0.25, 0.3) is 0 Å². The highest BCUT2D eigenvalue weighted by Crippen LogP contribution is 2.27. The van der Waals surface area contributed by atoms with E-state index in [1.165, 1.54) is 0 Å². The van der Waals surface area contributed by atoms with Crippen molar-refractivity contribution in [2.45, 2.75) is 0 Å². The molecule has 0 atom stereocenters. The van der Waals surface area contributed by atoms with Crippen LogP contribution in [0.25, 0.3) is 0 Å². The van der Waals surface area contributed by atoms with Crippen molar-refractivity contribution in [1.29, 1.82) is 0 Å². The summed E-state index contributed by atoms with van der Waals surface area (Å²) in [7, 11) is 4.11. The highest BCUT2D eigenvalue weighted by Gasteiger charge is 2.01. The summed E-state index contributed by atoms with van der Waals surface area (Å²) in [6.07, 6.45) is 0. The zero-order chi connectivity index (χ0) is 12.7. The van der Waals surface area contributed by atoms with E-state index in [1.54, 1.807) is 0 Å². The monoisotopic (exact) mass is 356 g/mol. The Morgan fingerprint density at radius 3 is 2.67 bits per heavy atom. The second-order valence-corrected chi connectivity index (χ2v) is 5.30. The topological polar surface area (TPSA) is 24.5 Å². The van der Waals surface area contributed by atoms with Gasteiger partial charge in [0.2, 0.25) is 0 Å². The molecule has 0 aliphatic heterocycles. The van der Waals surface area contributed by atoms with Crippen molar-refractivity contribution in [3.8, 4) is 5.75 Å². The molecule has 1 aromatic carbocycles. The number of hydrogen-bond donors (Lipinski definition) is 1. The van der Waals surface area contributed by atoms with Crippen LogP contribution in [0.3, 0.4) is 0 Å².